The molecule has 0 aliphatic heterocycles. The molecule has 0 spiro atoms. The third-order valence-corrected chi connectivity index (χ3v) is 5.75. The summed E-state index contributed by atoms with van der Waals surface area (Å²) in [6.07, 6.45) is -4.51. The Bertz CT molecular complexity index is 748. The number of amides is 1. The Balaban J connectivity index is 1.87. The van der Waals surface area contributed by atoms with E-state index in [1.165, 1.54) is 0 Å². The van der Waals surface area contributed by atoms with Crippen molar-refractivity contribution in [3.8, 4) is 0 Å². The number of nitrogens with zero attached hydrogens (tertiary/aromatic N) is 1. The number of nitrogens with two attached hydrogens (primary N) is 1. The average molecular weight is 354 g/mol. The van der Waals surface area contributed by atoms with E-state index in [1.54, 1.807) is 32.9 Å². The second-order valence-electron chi connectivity index (χ2n) is 8.29. The van der Waals surface area contributed by atoms with E-state index in [9.17, 15) is 22.8 Å². The van der Waals surface area contributed by atoms with Crippen LogP contribution in [0.5, 0.6) is 0 Å². The lowest BCUT2D eigenvalue weighted by molar-refractivity contribution is -0.346. The van der Waals surface area contributed by atoms with Crippen LogP contribution in [0.25, 0.3) is 0 Å². The zero-order valence-electron chi connectivity index (χ0n) is 14.5. The highest BCUT2D eigenvalue weighted by atomic mass is 19.4. The molecule has 0 radical (unpaired) electrons. The lowest BCUT2D eigenvalue weighted by atomic mass is 9.33. The van der Waals surface area contributed by atoms with Crippen LogP contribution in [0.3, 0.4) is 0 Å². The van der Waals surface area contributed by atoms with Gasteiger partial charge in [0.05, 0.1) is 11.1 Å². The third kappa shape index (κ3) is 2.55. The van der Waals surface area contributed by atoms with Crippen molar-refractivity contribution in [3.63, 3.8) is 0 Å². The summed E-state index contributed by atoms with van der Waals surface area (Å²) in [5, 5.41) is 0. The maximum atomic E-state index is 13.0. The van der Waals surface area contributed by atoms with E-state index in [4.69, 9.17) is 5.73 Å². The predicted octanol–water partition coefficient (Wildman–Crippen LogP) is 3.36. The number of aryl methyl sites for hydroxylation is 1. The molecule has 3 saturated carbocycles. The van der Waals surface area contributed by atoms with E-state index in [0.717, 1.165) is 0 Å². The van der Waals surface area contributed by atoms with Gasteiger partial charge in [-0.15, -0.1) is 0 Å². The molecule has 4 rings (SSSR count). The Kier molecular flexibility index (Phi) is 3.61. The first-order valence-electron chi connectivity index (χ1n) is 8.20. The molecule has 1 aromatic rings. The largest absolute Gasteiger partial charge is 0.394 e. The zero-order valence-corrected chi connectivity index (χ0v) is 14.5. The standard InChI is InChI=1S/C18H21F3N2O2/c1-10-4-5-11(12(23-10)6-15(2,3)14(22)25)13(24)16-7-17(8-16,9-16)18(19,20)21/h4-5H,6-9H2,1-3H3,(H2,22,25). The van der Waals surface area contributed by atoms with Gasteiger partial charge in [-0.05, 0) is 38.3 Å². The SMILES string of the molecule is Cc1ccc(C(=O)C23CC(C(F)(F)F)(C2)C3)c(CC(C)(C)C(N)=O)n1. The molecule has 3 fully saturated rings. The van der Waals surface area contributed by atoms with E-state index >= 15 is 0 Å². The van der Waals surface area contributed by atoms with E-state index in [2.05, 4.69) is 4.98 Å². The molecule has 0 atom stereocenters. The summed E-state index contributed by atoms with van der Waals surface area (Å²) in [5.74, 6) is -0.808. The topological polar surface area (TPSA) is 73.1 Å². The first-order valence-corrected chi connectivity index (χ1v) is 8.20. The summed E-state index contributed by atoms with van der Waals surface area (Å²) >= 11 is 0. The second kappa shape index (κ2) is 5.05. The Hall–Kier alpha value is -1.92. The van der Waals surface area contributed by atoms with Gasteiger partial charge in [-0.25, -0.2) is 0 Å². The zero-order chi connectivity index (χ0) is 18.8. The van der Waals surface area contributed by atoms with Gasteiger partial charge in [-0.1, -0.05) is 13.8 Å². The summed E-state index contributed by atoms with van der Waals surface area (Å²) in [6, 6.07) is 3.27. The molecule has 0 unspecified atom stereocenters. The number of rotatable bonds is 5. The van der Waals surface area contributed by atoms with E-state index in [-0.39, 0.29) is 31.5 Å². The lowest BCUT2D eigenvalue weighted by Gasteiger charge is -2.69. The molecule has 25 heavy (non-hydrogen) atoms. The van der Waals surface area contributed by atoms with Crippen LogP contribution in [-0.4, -0.2) is 22.9 Å². The minimum Gasteiger partial charge on any atom is -0.369 e. The number of hydrogen-bond donors (Lipinski definition) is 1. The van der Waals surface area contributed by atoms with Gasteiger partial charge in [0.1, 0.15) is 0 Å². The van der Waals surface area contributed by atoms with Crippen molar-refractivity contribution in [1.29, 1.82) is 0 Å². The number of halogens is 3. The first-order chi connectivity index (χ1) is 11.3. The number of carbonyl (C=O) groups is 2. The summed E-state index contributed by atoms with van der Waals surface area (Å²) in [7, 11) is 0. The molecule has 1 aromatic heterocycles. The third-order valence-electron chi connectivity index (χ3n) is 5.75. The highest BCUT2D eigenvalue weighted by molar-refractivity contribution is 6.03. The van der Waals surface area contributed by atoms with Crippen LogP contribution in [0.15, 0.2) is 12.1 Å². The van der Waals surface area contributed by atoms with Crippen molar-refractivity contribution < 1.29 is 22.8 Å². The Morgan fingerprint density at radius 3 is 2.24 bits per heavy atom. The number of primary amides is 1. The Morgan fingerprint density at radius 1 is 1.20 bits per heavy atom. The molecule has 3 aliphatic carbocycles. The molecule has 2 N–H and O–H groups in total. The maximum Gasteiger partial charge on any atom is 0.394 e. The van der Waals surface area contributed by atoms with Crippen molar-refractivity contribution in [3.05, 3.63) is 29.1 Å². The smallest absolute Gasteiger partial charge is 0.369 e. The number of carbonyl (C=O) groups excluding carboxylic acids is 2. The van der Waals surface area contributed by atoms with Gasteiger partial charge in [0.25, 0.3) is 0 Å². The number of ketones is 1. The first kappa shape index (κ1) is 17.9. The van der Waals surface area contributed by atoms with Crippen LogP contribution < -0.4 is 5.73 Å². The molecule has 1 amide bonds. The summed E-state index contributed by atoms with van der Waals surface area (Å²) in [5.41, 5.74) is 3.33. The fourth-order valence-corrected chi connectivity index (χ4v) is 4.07. The number of alkyl halides is 3. The lowest BCUT2D eigenvalue weighted by Crippen LogP contribution is -2.70. The fraction of sp³-hybridized carbons (Fsp3) is 0.611. The molecule has 1 heterocycles. The van der Waals surface area contributed by atoms with E-state index in [0.29, 0.717) is 17.0 Å². The minimum absolute atomic E-state index is 0.144. The molecule has 136 valence electrons. The van der Waals surface area contributed by atoms with Gasteiger partial charge in [0.15, 0.2) is 5.78 Å². The average Bonchev–Trinajstić information content (AvgIpc) is 2.32. The molecule has 3 aliphatic rings. The molecule has 2 bridgehead atoms. The molecular formula is C18H21F3N2O2. The molecule has 0 aromatic carbocycles. The predicted molar refractivity (Wildman–Crippen MR) is 84.8 cm³/mol. The van der Waals surface area contributed by atoms with Gasteiger partial charge in [-0.3, -0.25) is 14.6 Å². The summed E-state index contributed by atoms with van der Waals surface area (Å²) in [6.45, 7) is 5.08. The van der Waals surface area contributed by atoms with E-state index < -0.39 is 28.3 Å². The van der Waals surface area contributed by atoms with Crippen molar-refractivity contribution in [2.75, 3.05) is 0 Å². The highest BCUT2D eigenvalue weighted by Crippen LogP contribution is 2.79. The van der Waals surface area contributed by atoms with Crippen molar-refractivity contribution in [2.45, 2.75) is 52.6 Å². The molecule has 4 nitrogen and oxygen atoms in total. The fourth-order valence-electron chi connectivity index (χ4n) is 4.07. The Labute approximate surface area is 144 Å². The number of aromatic nitrogens is 1. The quantitative estimate of drug-likeness (QED) is 0.824. The van der Waals surface area contributed by atoms with Gasteiger partial charge in [0.2, 0.25) is 5.91 Å². The molecule has 7 heteroatoms. The summed E-state index contributed by atoms with van der Waals surface area (Å²) in [4.78, 5) is 28.9. The van der Waals surface area contributed by atoms with Gasteiger partial charge in [-0.2, -0.15) is 13.2 Å². The van der Waals surface area contributed by atoms with Crippen molar-refractivity contribution in [2.24, 2.45) is 22.0 Å². The number of pyridine rings is 1. The number of hydrogen-bond acceptors (Lipinski definition) is 3. The number of Topliss-reactive ketones (excluding diaryl/α,β-unsaturated/α-hetero) is 1. The second-order valence-corrected chi connectivity index (χ2v) is 8.29. The van der Waals surface area contributed by atoms with Crippen LogP contribution in [0.4, 0.5) is 13.2 Å². The molecular weight excluding hydrogens is 333 g/mol. The summed E-state index contributed by atoms with van der Waals surface area (Å²) < 4.78 is 39.1. The van der Waals surface area contributed by atoms with Gasteiger partial charge < -0.3 is 5.73 Å². The van der Waals surface area contributed by atoms with Gasteiger partial charge >= 0.3 is 6.18 Å². The van der Waals surface area contributed by atoms with Crippen LogP contribution in [-0.2, 0) is 11.2 Å². The van der Waals surface area contributed by atoms with E-state index in [1.807, 2.05) is 0 Å². The van der Waals surface area contributed by atoms with Crippen LogP contribution in [0, 0.1) is 23.2 Å². The normalized spacial score (nSPS) is 28.1. The van der Waals surface area contributed by atoms with Gasteiger partial charge in [0, 0.05) is 28.5 Å². The van der Waals surface area contributed by atoms with Crippen LogP contribution in [0.1, 0.15) is 54.9 Å². The monoisotopic (exact) mass is 354 g/mol. The van der Waals surface area contributed by atoms with Crippen molar-refractivity contribution in [1.82, 2.24) is 4.98 Å². The Morgan fingerprint density at radius 2 is 1.76 bits per heavy atom. The minimum atomic E-state index is -4.25. The van der Waals surface area contributed by atoms with Crippen LogP contribution >= 0.6 is 0 Å². The van der Waals surface area contributed by atoms with Crippen LogP contribution in [0.2, 0.25) is 0 Å². The highest BCUT2D eigenvalue weighted by Gasteiger charge is 2.80. The molecule has 0 saturated heterocycles. The maximum absolute atomic E-state index is 13.0. The van der Waals surface area contributed by atoms with Crippen molar-refractivity contribution >= 4 is 11.7 Å².